The maximum absolute atomic E-state index is 2.42. The summed E-state index contributed by atoms with van der Waals surface area (Å²) in [6.07, 6.45) is 0. The Morgan fingerprint density at radius 1 is 0.217 bits per heavy atom. The standard InChI is InChI=1S/C58H40N2/c1-3-20-46(21-4-1)59(48-34-29-44(30-35-48)53-27-13-18-41-15-7-10-24-51(41)53)50-39-57-55-26-12-9-17-43(55)33-38-56(57)58(40-50)60(47-22-5-2-6-23-47)49-36-31-45(32-37-49)54-28-14-19-42-16-8-11-25-52(42)54/h1-40H. The summed E-state index contributed by atoms with van der Waals surface area (Å²) in [4.78, 5) is 4.81. The Balaban J connectivity index is 1.11. The molecule has 0 aliphatic rings. The van der Waals surface area contributed by atoms with Crippen LogP contribution in [0.3, 0.4) is 0 Å². The third-order valence-corrected chi connectivity index (χ3v) is 11.8. The first-order chi connectivity index (χ1) is 29.8. The molecular weight excluding hydrogens is 725 g/mol. The van der Waals surface area contributed by atoms with Crippen molar-refractivity contribution in [3.63, 3.8) is 0 Å². The van der Waals surface area contributed by atoms with E-state index in [1.807, 2.05) is 0 Å². The van der Waals surface area contributed by atoms with Gasteiger partial charge >= 0.3 is 0 Å². The molecule has 2 nitrogen and oxygen atoms in total. The van der Waals surface area contributed by atoms with Gasteiger partial charge in [-0.2, -0.15) is 0 Å². The molecule has 11 aromatic carbocycles. The number of para-hydroxylation sites is 2. The van der Waals surface area contributed by atoms with Gasteiger partial charge in [-0.05, 0) is 121 Å². The minimum absolute atomic E-state index is 1.08. The van der Waals surface area contributed by atoms with Gasteiger partial charge in [-0.1, -0.05) is 182 Å². The van der Waals surface area contributed by atoms with Crippen molar-refractivity contribution >= 4 is 77.2 Å². The van der Waals surface area contributed by atoms with Crippen LogP contribution in [-0.2, 0) is 0 Å². The van der Waals surface area contributed by atoms with E-state index in [0.29, 0.717) is 0 Å². The van der Waals surface area contributed by atoms with Crippen LogP contribution in [0.2, 0.25) is 0 Å². The van der Waals surface area contributed by atoms with Crippen LogP contribution in [0.5, 0.6) is 0 Å². The van der Waals surface area contributed by atoms with Gasteiger partial charge in [-0.3, -0.25) is 0 Å². The average molecular weight is 765 g/mol. The monoisotopic (exact) mass is 764 g/mol. The molecule has 0 amide bonds. The topological polar surface area (TPSA) is 6.48 Å². The van der Waals surface area contributed by atoms with Gasteiger partial charge in [-0.25, -0.2) is 0 Å². The molecule has 2 heteroatoms. The Hall–Kier alpha value is -7.94. The minimum atomic E-state index is 1.08. The van der Waals surface area contributed by atoms with E-state index < -0.39 is 0 Å². The Morgan fingerprint density at radius 2 is 0.633 bits per heavy atom. The molecule has 0 aliphatic heterocycles. The molecule has 0 atom stereocenters. The van der Waals surface area contributed by atoms with E-state index in [9.17, 15) is 0 Å². The summed E-state index contributed by atoms with van der Waals surface area (Å²) in [6, 6.07) is 88.0. The molecule has 0 saturated heterocycles. The Kier molecular flexibility index (Phi) is 8.87. The van der Waals surface area contributed by atoms with Gasteiger partial charge in [0.15, 0.2) is 0 Å². The van der Waals surface area contributed by atoms with Crippen LogP contribution in [0.4, 0.5) is 34.1 Å². The van der Waals surface area contributed by atoms with Crippen LogP contribution < -0.4 is 9.80 Å². The Bertz CT molecular complexity index is 3290. The number of hydrogen-bond donors (Lipinski definition) is 0. The Morgan fingerprint density at radius 3 is 1.18 bits per heavy atom. The number of rotatable bonds is 8. The molecule has 11 aromatic rings. The van der Waals surface area contributed by atoms with Crippen molar-refractivity contribution < 1.29 is 0 Å². The largest absolute Gasteiger partial charge is 0.310 e. The van der Waals surface area contributed by atoms with Crippen molar-refractivity contribution in [3.8, 4) is 22.3 Å². The summed E-state index contributed by atoms with van der Waals surface area (Å²) >= 11 is 0. The fraction of sp³-hybridized carbons (Fsp3) is 0. The highest BCUT2D eigenvalue weighted by Gasteiger charge is 2.22. The maximum Gasteiger partial charge on any atom is 0.0561 e. The number of fused-ring (bicyclic) bond motifs is 5. The zero-order chi connectivity index (χ0) is 39.8. The molecule has 0 aliphatic carbocycles. The summed E-state index contributed by atoms with van der Waals surface area (Å²) in [6.45, 7) is 0. The van der Waals surface area contributed by atoms with E-state index >= 15 is 0 Å². The van der Waals surface area contributed by atoms with Crippen LogP contribution in [0.1, 0.15) is 0 Å². The van der Waals surface area contributed by atoms with Crippen molar-refractivity contribution in [2.24, 2.45) is 0 Å². The first-order valence-electron chi connectivity index (χ1n) is 20.6. The molecule has 0 heterocycles. The lowest BCUT2D eigenvalue weighted by atomic mass is 9.96. The summed E-state index contributed by atoms with van der Waals surface area (Å²) in [5.74, 6) is 0. The molecule has 11 rings (SSSR count). The average Bonchev–Trinajstić information content (AvgIpc) is 3.32. The molecule has 0 aromatic heterocycles. The lowest BCUT2D eigenvalue weighted by molar-refractivity contribution is 1.26. The van der Waals surface area contributed by atoms with E-state index in [2.05, 4.69) is 252 Å². The summed E-state index contributed by atoms with van der Waals surface area (Å²) < 4.78 is 0. The molecule has 0 saturated carbocycles. The lowest BCUT2D eigenvalue weighted by Gasteiger charge is -2.31. The van der Waals surface area contributed by atoms with Crippen LogP contribution in [0.15, 0.2) is 243 Å². The SMILES string of the molecule is c1ccc(N(c2ccc(-c3cccc4ccccc34)cc2)c2cc(N(c3ccccc3)c3ccc(-c4cccc5ccccc45)cc3)c3ccc4ccccc4c3c2)cc1. The zero-order valence-electron chi connectivity index (χ0n) is 33.0. The predicted octanol–water partition coefficient (Wildman–Crippen LogP) is 16.6. The van der Waals surface area contributed by atoms with Gasteiger partial charge in [0.25, 0.3) is 0 Å². The third kappa shape index (κ3) is 6.32. The van der Waals surface area contributed by atoms with E-state index in [1.54, 1.807) is 0 Å². The van der Waals surface area contributed by atoms with Gasteiger partial charge < -0.3 is 9.80 Å². The number of hydrogen-bond acceptors (Lipinski definition) is 2. The first kappa shape index (κ1) is 35.2. The highest BCUT2D eigenvalue weighted by Crippen LogP contribution is 2.46. The van der Waals surface area contributed by atoms with E-state index in [4.69, 9.17) is 0 Å². The van der Waals surface area contributed by atoms with Crippen molar-refractivity contribution in [1.29, 1.82) is 0 Å². The molecule has 0 unspecified atom stereocenters. The molecule has 0 spiro atoms. The molecule has 0 radical (unpaired) electrons. The first-order valence-corrected chi connectivity index (χ1v) is 20.6. The summed E-state index contributed by atoms with van der Waals surface area (Å²) in [7, 11) is 0. The lowest BCUT2D eigenvalue weighted by Crippen LogP contribution is -2.14. The van der Waals surface area contributed by atoms with Crippen molar-refractivity contribution in [2.75, 3.05) is 9.80 Å². The normalized spacial score (nSPS) is 11.3. The fourth-order valence-electron chi connectivity index (χ4n) is 8.96. The van der Waals surface area contributed by atoms with Crippen molar-refractivity contribution in [1.82, 2.24) is 0 Å². The van der Waals surface area contributed by atoms with Gasteiger partial charge in [0.1, 0.15) is 0 Å². The fourth-order valence-corrected chi connectivity index (χ4v) is 8.96. The van der Waals surface area contributed by atoms with Crippen LogP contribution >= 0.6 is 0 Å². The highest BCUT2D eigenvalue weighted by atomic mass is 15.2. The maximum atomic E-state index is 2.42. The quantitative estimate of drug-likeness (QED) is 0.142. The van der Waals surface area contributed by atoms with Crippen molar-refractivity contribution in [3.05, 3.63) is 243 Å². The van der Waals surface area contributed by atoms with Gasteiger partial charge in [-0.15, -0.1) is 0 Å². The molecule has 60 heavy (non-hydrogen) atoms. The van der Waals surface area contributed by atoms with E-state index in [1.165, 1.54) is 65.3 Å². The molecule has 282 valence electrons. The molecule has 0 fully saturated rings. The van der Waals surface area contributed by atoms with Gasteiger partial charge in [0.2, 0.25) is 0 Å². The zero-order valence-corrected chi connectivity index (χ0v) is 33.0. The van der Waals surface area contributed by atoms with E-state index in [-0.39, 0.29) is 0 Å². The van der Waals surface area contributed by atoms with Crippen molar-refractivity contribution in [2.45, 2.75) is 0 Å². The molecule has 0 bridgehead atoms. The van der Waals surface area contributed by atoms with Gasteiger partial charge in [0, 0.05) is 33.8 Å². The molecule has 0 N–H and O–H groups in total. The number of nitrogens with zero attached hydrogens (tertiary/aromatic N) is 2. The van der Waals surface area contributed by atoms with Crippen LogP contribution in [0, 0.1) is 0 Å². The highest BCUT2D eigenvalue weighted by molar-refractivity contribution is 6.15. The second-order valence-corrected chi connectivity index (χ2v) is 15.3. The summed E-state index contributed by atoms with van der Waals surface area (Å²) in [5.41, 5.74) is 11.4. The van der Waals surface area contributed by atoms with E-state index in [0.717, 1.165) is 34.1 Å². The predicted molar refractivity (Wildman–Crippen MR) is 257 cm³/mol. The number of anilines is 6. The minimum Gasteiger partial charge on any atom is -0.310 e. The van der Waals surface area contributed by atoms with Crippen LogP contribution in [0.25, 0.3) is 65.3 Å². The summed E-state index contributed by atoms with van der Waals surface area (Å²) in [5, 5.41) is 9.80. The number of benzene rings is 11. The second kappa shape index (κ2) is 15.1. The Labute approximate surface area is 350 Å². The van der Waals surface area contributed by atoms with Crippen LogP contribution in [-0.4, -0.2) is 0 Å². The smallest absolute Gasteiger partial charge is 0.0561 e. The molecular formula is C58H40N2. The third-order valence-electron chi connectivity index (χ3n) is 11.8. The van der Waals surface area contributed by atoms with Gasteiger partial charge in [0.05, 0.1) is 5.69 Å². The second-order valence-electron chi connectivity index (χ2n) is 15.3.